The zero-order valence-electron chi connectivity index (χ0n) is 12.6. The van der Waals surface area contributed by atoms with Crippen molar-refractivity contribution in [2.24, 2.45) is 0 Å². The summed E-state index contributed by atoms with van der Waals surface area (Å²) in [4.78, 5) is 12.3. The van der Waals surface area contributed by atoms with Crippen molar-refractivity contribution in [3.63, 3.8) is 0 Å². The SMILES string of the molecule is CC[C@H](C(=O)NC[C@](C)(O)CCSC)c1ccccc1. The lowest BCUT2D eigenvalue weighted by molar-refractivity contribution is -0.123. The van der Waals surface area contributed by atoms with Gasteiger partial charge in [-0.2, -0.15) is 11.8 Å². The number of amides is 1. The molecule has 4 heteroatoms. The lowest BCUT2D eigenvalue weighted by atomic mass is 9.95. The van der Waals surface area contributed by atoms with Crippen LogP contribution in [0, 0.1) is 0 Å². The molecule has 0 saturated carbocycles. The molecule has 0 saturated heterocycles. The zero-order chi connectivity index (χ0) is 15.0. The Balaban J connectivity index is 2.56. The van der Waals surface area contributed by atoms with Crippen LogP contribution in [0.1, 0.15) is 38.2 Å². The van der Waals surface area contributed by atoms with E-state index >= 15 is 0 Å². The second kappa shape index (κ2) is 8.32. The molecule has 0 heterocycles. The maximum Gasteiger partial charge on any atom is 0.227 e. The van der Waals surface area contributed by atoms with E-state index in [1.165, 1.54) is 0 Å². The monoisotopic (exact) mass is 295 g/mol. The molecule has 0 aliphatic heterocycles. The molecule has 2 N–H and O–H groups in total. The topological polar surface area (TPSA) is 49.3 Å². The van der Waals surface area contributed by atoms with Gasteiger partial charge < -0.3 is 10.4 Å². The molecule has 3 nitrogen and oxygen atoms in total. The van der Waals surface area contributed by atoms with Crippen LogP contribution in [0.3, 0.4) is 0 Å². The van der Waals surface area contributed by atoms with Crippen molar-refractivity contribution in [1.82, 2.24) is 5.32 Å². The molecule has 0 bridgehead atoms. The highest BCUT2D eigenvalue weighted by atomic mass is 32.2. The third-order valence-corrected chi connectivity index (χ3v) is 4.03. The number of hydrogen-bond donors (Lipinski definition) is 2. The van der Waals surface area contributed by atoms with E-state index in [1.54, 1.807) is 18.7 Å². The average molecular weight is 295 g/mol. The van der Waals surface area contributed by atoms with Gasteiger partial charge in [0.1, 0.15) is 0 Å². The normalized spacial score (nSPS) is 15.4. The first-order valence-electron chi connectivity index (χ1n) is 7.04. The van der Waals surface area contributed by atoms with Crippen molar-refractivity contribution in [2.45, 2.75) is 38.2 Å². The van der Waals surface area contributed by atoms with Gasteiger partial charge in [-0.3, -0.25) is 4.79 Å². The van der Waals surface area contributed by atoms with E-state index in [-0.39, 0.29) is 11.8 Å². The van der Waals surface area contributed by atoms with Crippen molar-refractivity contribution in [3.05, 3.63) is 35.9 Å². The summed E-state index contributed by atoms with van der Waals surface area (Å²) in [5.74, 6) is 0.731. The van der Waals surface area contributed by atoms with E-state index in [0.29, 0.717) is 13.0 Å². The van der Waals surface area contributed by atoms with Gasteiger partial charge in [0.2, 0.25) is 5.91 Å². The molecule has 1 aromatic rings. The van der Waals surface area contributed by atoms with Crippen LogP contribution in [0.15, 0.2) is 30.3 Å². The summed E-state index contributed by atoms with van der Waals surface area (Å²) in [6.45, 7) is 4.08. The van der Waals surface area contributed by atoms with Crippen molar-refractivity contribution in [1.29, 1.82) is 0 Å². The summed E-state index contributed by atoms with van der Waals surface area (Å²) >= 11 is 1.70. The van der Waals surface area contributed by atoms with Crippen LogP contribution in [0.5, 0.6) is 0 Å². The van der Waals surface area contributed by atoms with Gasteiger partial charge in [-0.1, -0.05) is 37.3 Å². The van der Waals surface area contributed by atoms with E-state index in [0.717, 1.165) is 17.7 Å². The summed E-state index contributed by atoms with van der Waals surface area (Å²) in [7, 11) is 0. The second-order valence-electron chi connectivity index (χ2n) is 5.33. The maximum atomic E-state index is 12.3. The number of rotatable bonds is 8. The Hall–Kier alpha value is -1.00. The first kappa shape index (κ1) is 17.1. The Bertz CT molecular complexity index is 406. The molecular formula is C16H25NO2S. The van der Waals surface area contributed by atoms with Gasteiger partial charge in [-0.05, 0) is 37.3 Å². The van der Waals surface area contributed by atoms with E-state index in [2.05, 4.69) is 5.32 Å². The van der Waals surface area contributed by atoms with Crippen molar-refractivity contribution in [2.75, 3.05) is 18.6 Å². The van der Waals surface area contributed by atoms with Gasteiger partial charge in [-0.15, -0.1) is 0 Å². The standard InChI is InChI=1S/C16H25NO2S/c1-4-14(13-8-6-5-7-9-13)15(18)17-12-16(2,19)10-11-20-3/h5-9,14,19H,4,10-12H2,1-3H3,(H,17,18)/t14-,16+/m0/s1. The van der Waals surface area contributed by atoms with E-state index < -0.39 is 5.60 Å². The zero-order valence-corrected chi connectivity index (χ0v) is 13.4. The summed E-state index contributed by atoms with van der Waals surface area (Å²) in [5.41, 5.74) is 0.185. The van der Waals surface area contributed by atoms with Crippen molar-refractivity contribution >= 4 is 17.7 Å². The van der Waals surface area contributed by atoms with Crippen LogP contribution in [0.2, 0.25) is 0 Å². The molecule has 1 rings (SSSR count). The first-order chi connectivity index (χ1) is 9.50. The molecule has 0 aliphatic carbocycles. The summed E-state index contributed by atoms with van der Waals surface area (Å²) in [6.07, 6.45) is 3.44. The molecule has 0 unspecified atom stereocenters. The van der Waals surface area contributed by atoms with E-state index in [9.17, 15) is 9.90 Å². The van der Waals surface area contributed by atoms with Gasteiger partial charge in [0.15, 0.2) is 0 Å². The third kappa shape index (κ3) is 5.55. The van der Waals surface area contributed by atoms with E-state index in [1.807, 2.05) is 43.5 Å². The quantitative estimate of drug-likeness (QED) is 0.775. The van der Waals surface area contributed by atoms with Crippen molar-refractivity contribution in [3.8, 4) is 0 Å². The fourth-order valence-electron chi connectivity index (χ4n) is 2.07. The van der Waals surface area contributed by atoms with Crippen LogP contribution in [0.25, 0.3) is 0 Å². The molecule has 0 radical (unpaired) electrons. The summed E-state index contributed by atoms with van der Waals surface area (Å²) in [6, 6.07) is 9.78. The molecule has 0 spiro atoms. The molecular weight excluding hydrogens is 270 g/mol. The number of carbonyl (C=O) groups excluding carboxylic acids is 1. The minimum Gasteiger partial charge on any atom is -0.388 e. The Morgan fingerprint density at radius 1 is 1.40 bits per heavy atom. The predicted octanol–water partition coefficient (Wildman–Crippen LogP) is 2.80. The number of aliphatic hydroxyl groups is 1. The van der Waals surface area contributed by atoms with Crippen LogP contribution in [-0.2, 0) is 4.79 Å². The Labute approximate surface area is 126 Å². The summed E-state index contributed by atoms with van der Waals surface area (Å²) < 4.78 is 0. The van der Waals surface area contributed by atoms with E-state index in [4.69, 9.17) is 0 Å². The molecule has 1 aromatic carbocycles. The van der Waals surface area contributed by atoms with Gasteiger partial charge >= 0.3 is 0 Å². The predicted molar refractivity (Wildman–Crippen MR) is 86.1 cm³/mol. The molecule has 1 amide bonds. The lowest BCUT2D eigenvalue weighted by Gasteiger charge is -2.25. The molecule has 20 heavy (non-hydrogen) atoms. The largest absolute Gasteiger partial charge is 0.388 e. The van der Waals surface area contributed by atoms with Gasteiger partial charge in [0.25, 0.3) is 0 Å². The first-order valence-corrected chi connectivity index (χ1v) is 8.43. The third-order valence-electron chi connectivity index (χ3n) is 3.41. The Morgan fingerprint density at radius 3 is 2.60 bits per heavy atom. The second-order valence-corrected chi connectivity index (χ2v) is 6.31. The molecule has 0 aliphatic rings. The van der Waals surface area contributed by atoms with Crippen LogP contribution in [-0.4, -0.2) is 35.2 Å². The number of benzene rings is 1. The highest BCUT2D eigenvalue weighted by molar-refractivity contribution is 7.98. The fourth-order valence-corrected chi connectivity index (χ4v) is 2.71. The highest BCUT2D eigenvalue weighted by Gasteiger charge is 2.24. The lowest BCUT2D eigenvalue weighted by Crippen LogP contribution is -2.42. The number of nitrogens with one attached hydrogen (secondary N) is 1. The maximum absolute atomic E-state index is 12.3. The van der Waals surface area contributed by atoms with Crippen LogP contribution in [0.4, 0.5) is 0 Å². The average Bonchev–Trinajstić information content (AvgIpc) is 2.45. The summed E-state index contributed by atoms with van der Waals surface area (Å²) in [5, 5.41) is 13.1. The molecule has 0 fully saturated rings. The van der Waals surface area contributed by atoms with Gasteiger partial charge in [0, 0.05) is 6.54 Å². The van der Waals surface area contributed by atoms with Gasteiger partial charge in [0.05, 0.1) is 11.5 Å². The molecule has 112 valence electrons. The minimum atomic E-state index is -0.840. The van der Waals surface area contributed by atoms with Gasteiger partial charge in [-0.25, -0.2) is 0 Å². The smallest absolute Gasteiger partial charge is 0.227 e. The Kier molecular flexibility index (Phi) is 7.10. The van der Waals surface area contributed by atoms with Crippen molar-refractivity contribution < 1.29 is 9.90 Å². The molecule has 0 aromatic heterocycles. The number of carbonyl (C=O) groups is 1. The fraction of sp³-hybridized carbons (Fsp3) is 0.562. The highest BCUT2D eigenvalue weighted by Crippen LogP contribution is 2.20. The van der Waals surface area contributed by atoms with Crippen LogP contribution < -0.4 is 5.32 Å². The number of thioether (sulfide) groups is 1. The minimum absolute atomic E-state index is 0.0110. The molecule has 2 atom stereocenters. The number of hydrogen-bond acceptors (Lipinski definition) is 3. The van der Waals surface area contributed by atoms with Crippen LogP contribution >= 0.6 is 11.8 Å². The Morgan fingerprint density at radius 2 is 2.05 bits per heavy atom.